The Labute approximate surface area is 122 Å². The topological polar surface area (TPSA) is 35.5 Å². The van der Waals surface area contributed by atoms with Crippen LogP contribution in [0.3, 0.4) is 0 Å². The molecule has 0 amide bonds. The number of ether oxygens (including phenoxy) is 2. The molecule has 1 aliphatic rings. The lowest BCUT2D eigenvalue weighted by atomic mass is 10.2. The second kappa shape index (κ2) is 12.3. The van der Waals surface area contributed by atoms with Crippen molar-refractivity contribution in [2.75, 3.05) is 6.61 Å². The third-order valence-corrected chi connectivity index (χ3v) is 2.66. The molecule has 3 nitrogen and oxygen atoms in total. The summed E-state index contributed by atoms with van der Waals surface area (Å²) in [7, 11) is 0. The number of carbonyl (C=O) groups excluding carboxylic acids is 1. The molecule has 1 aromatic rings. The van der Waals surface area contributed by atoms with Gasteiger partial charge in [0.25, 0.3) is 0 Å². The van der Waals surface area contributed by atoms with Gasteiger partial charge in [0.1, 0.15) is 6.10 Å². The van der Waals surface area contributed by atoms with Gasteiger partial charge in [0.15, 0.2) is 0 Å². The molecule has 1 aromatic carbocycles. The monoisotopic (exact) mass is 276 g/mol. The van der Waals surface area contributed by atoms with Crippen LogP contribution in [0.25, 0.3) is 0 Å². The molecule has 110 valence electrons. The minimum Gasteiger partial charge on any atom is -0.462 e. The highest BCUT2D eigenvalue weighted by atomic mass is 16.6. The maximum absolute atomic E-state index is 10.8. The lowest BCUT2D eigenvalue weighted by molar-refractivity contribution is -0.141. The van der Waals surface area contributed by atoms with E-state index in [1.54, 1.807) is 0 Å². The fraction of sp³-hybridized carbons (Fsp3) is 0.471. The molecule has 0 unspecified atom stereocenters. The molecule has 3 heteroatoms. The highest BCUT2D eigenvalue weighted by Crippen LogP contribution is 2.16. The maximum atomic E-state index is 10.8. The fourth-order valence-corrected chi connectivity index (χ4v) is 1.76. The molecule has 1 aliphatic heterocycles. The quantitative estimate of drug-likeness (QED) is 0.468. The number of terminal acetylenes is 1. The molecule has 2 rings (SSSR count). The summed E-state index contributed by atoms with van der Waals surface area (Å²) in [5.41, 5.74) is 1.17. The van der Waals surface area contributed by atoms with Crippen LogP contribution in [0.2, 0.25) is 0 Å². The Morgan fingerprint density at radius 3 is 2.45 bits per heavy atom. The SMILES string of the molecule is C#C.CC.O=C1CC[C@@H](CCOCc2ccccc2)O1. The number of hydrogen-bond acceptors (Lipinski definition) is 3. The number of cyclic esters (lactones) is 1. The van der Waals surface area contributed by atoms with E-state index >= 15 is 0 Å². The van der Waals surface area contributed by atoms with E-state index in [0.717, 1.165) is 12.8 Å². The minimum absolute atomic E-state index is 0.0725. The van der Waals surface area contributed by atoms with Crippen LogP contribution in [-0.2, 0) is 20.9 Å². The Morgan fingerprint density at radius 2 is 1.90 bits per heavy atom. The summed E-state index contributed by atoms with van der Waals surface area (Å²) in [4.78, 5) is 10.8. The van der Waals surface area contributed by atoms with Gasteiger partial charge >= 0.3 is 5.97 Å². The van der Waals surface area contributed by atoms with E-state index in [9.17, 15) is 4.79 Å². The molecule has 1 atom stereocenters. The standard InChI is InChI=1S/C13H16O3.C2H6.C2H2/c14-13-7-6-12(16-13)8-9-15-10-11-4-2-1-3-5-11;2*1-2/h1-5,12H,6-10H2;1-2H3;1-2H/t12-;;/m0../s1. The minimum atomic E-state index is -0.0759. The highest BCUT2D eigenvalue weighted by molar-refractivity contribution is 5.71. The van der Waals surface area contributed by atoms with Crippen molar-refractivity contribution >= 4 is 5.97 Å². The van der Waals surface area contributed by atoms with E-state index in [1.165, 1.54) is 5.56 Å². The lowest BCUT2D eigenvalue weighted by Gasteiger charge is -2.09. The van der Waals surface area contributed by atoms with Crippen LogP contribution < -0.4 is 0 Å². The molecule has 1 saturated heterocycles. The number of hydrogen-bond donors (Lipinski definition) is 0. The normalized spacial score (nSPS) is 16.2. The molecular weight excluding hydrogens is 252 g/mol. The summed E-state index contributed by atoms with van der Waals surface area (Å²) in [6.45, 7) is 5.27. The zero-order valence-corrected chi connectivity index (χ0v) is 12.4. The van der Waals surface area contributed by atoms with E-state index in [2.05, 4.69) is 12.8 Å². The molecule has 0 bridgehead atoms. The van der Waals surface area contributed by atoms with Crippen LogP contribution in [0.4, 0.5) is 0 Å². The van der Waals surface area contributed by atoms with Crippen LogP contribution in [0.5, 0.6) is 0 Å². The average molecular weight is 276 g/mol. The van der Waals surface area contributed by atoms with Crippen molar-refractivity contribution in [3.63, 3.8) is 0 Å². The van der Waals surface area contributed by atoms with Crippen molar-refractivity contribution in [3.8, 4) is 12.8 Å². The zero-order valence-electron chi connectivity index (χ0n) is 12.4. The van der Waals surface area contributed by atoms with Crippen LogP contribution >= 0.6 is 0 Å². The van der Waals surface area contributed by atoms with Gasteiger partial charge < -0.3 is 9.47 Å². The summed E-state index contributed by atoms with van der Waals surface area (Å²) in [6.07, 6.45) is 10.3. The molecule has 20 heavy (non-hydrogen) atoms. The molecule has 0 spiro atoms. The van der Waals surface area contributed by atoms with E-state index in [4.69, 9.17) is 9.47 Å². The highest BCUT2D eigenvalue weighted by Gasteiger charge is 2.22. The first-order valence-electron chi connectivity index (χ1n) is 6.99. The molecule has 0 aromatic heterocycles. The van der Waals surface area contributed by atoms with Crippen LogP contribution in [0.1, 0.15) is 38.7 Å². The lowest BCUT2D eigenvalue weighted by Crippen LogP contribution is -2.10. The van der Waals surface area contributed by atoms with Gasteiger partial charge in [-0.15, -0.1) is 12.8 Å². The number of rotatable bonds is 5. The third-order valence-electron chi connectivity index (χ3n) is 2.66. The van der Waals surface area contributed by atoms with Gasteiger partial charge in [-0.2, -0.15) is 0 Å². The molecule has 0 radical (unpaired) electrons. The van der Waals surface area contributed by atoms with Gasteiger partial charge in [-0.25, -0.2) is 0 Å². The first kappa shape index (κ1) is 18.2. The second-order valence-corrected chi connectivity index (χ2v) is 3.98. The Bertz CT molecular complexity index is 370. The molecular formula is C17H24O3. The third kappa shape index (κ3) is 7.60. The number of benzene rings is 1. The molecule has 1 fully saturated rings. The zero-order chi connectivity index (χ0) is 15.2. The predicted octanol–water partition coefficient (Wildman–Crippen LogP) is 3.57. The number of esters is 1. The molecule has 0 saturated carbocycles. The van der Waals surface area contributed by atoms with E-state index < -0.39 is 0 Å². The average Bonchev–Trinajstić information content (AvgIpc) is 2.94. The van der Waals surface area contributed by atoms with Crippen molar-refractivity contribution in [1.29, 1.82) is 0 Å². The van der Waals surface area contributed by atoms with Crippen LogP contribution in [0.15, 0.2) is 30.3 Å². The van der Waals surface area contributed by atoms with Gasteiger partial charge in [0.2, 0.25) is 0 Å². The van der Waals surface area contributed by atoms with Crippen LogP contribution in [0, 0.1) is 12.8 Å². The Morgan fingerprint density at radius 1 is 1.25 bits per heavy atom. The van der Waals surface area contributed by atoms with Crippen molar-refractivity contribution in [3.05, 3.63) is 35.9 Å². The van der Waals surface area contributed by atoms with Crippen LogP contribution in [-0.4, -0.2) is 18.7 Å². The number of carbonyl (C=O) groups is 1. The van der Waals surface area contributed by atoms with Crippen molar-refractivity contribution in [1.82, 2.24) is 0 Å². The molecule has 1 heterocycles. The van der Waals surface area contributed by atoms with Crippen molar-refractivity contribution in [2.45, 2.75) is 45.8 Å². The van der Waals surface area contributed by atoms with Crippen molar-refractivity contribution < 1.29 is 14.3 Å². The summed E-state index contributed by atoms with van der Waals surface area (Å²) >= 11 is 0. The first-order valence-corrected chi connectivity index (χ1v) is 6.99. The summed E-state index contributed by atoms with van der Waals surface area (Å²) < 4.78 is 10.6. The van der Waals surface area contributed by atoms with E-state index in [0.29, 0.717) is 19.6 Å². The van der Waals surface area contributed by atoms with E-state index in [-0.39, 0.29) is 12.1 Å². The summed E-state index contributed by atoms with van der Waals surface area (Å²) in [5, 5.41) is 0. The second-order valence-electron chi connectivity index (χ2n) is 3.98. The Kier molecular flexibility index (Phi) is 11.2. The van der Waals surface area contributed by atoms with Gasteiger partial charge in [0.05, 0.1) is 13.2 Å². The van der Waals surface area contributed by atoms with Gasteiger partial charge in [0, 0.05) is 12.8 Å². The Hall–Kier alpha value is -1.79. The molecule has 0 aliphatic carbocycles. The fourth-order valence-electron chi connectivity index (χ4n) is 1.76. The van der Waals surface area contributed by atoms with Gasteiger partial charge in [-0.3, -0.25) is 4.79 Å². The van der Waals surface area contributed by atoms with Crippen molar-refractivity contribution in [2.24, 2.45) is 0 Å². The smallest absolute Gasteiger partial charge is 0.306 e. The van der Waals surface area contributed by atoms with E-state index in [1.807, 2.05) is 44.2 Å². The summed E-state index contributed by atoms with van der Waals surface area (Å²) in [5.74, 6) is -0.0759. The summed E-state index contributed by atoms with van der Waals surface area (Å²) in [6, 6.07) is 10.1. The van der Waals surface area contributed by atoms with Gasteiger partial charge in [-0.05, 0) is 12.0 Å². The first-order chi connectivity index (χ1) is 9.84. The maximum Gasteiger partial charge on any atom is 0.306 e. The van der Waals surface area contributed by atoms with Gasteiger partial charge in [-0.1, -0.05) is 44.2 Å². The largest absolute Gasteiger partial charge is 0.462 e. The predicted molar refractivity (Wildman–Crippen MR) is 81.1 cm³/mol. The molecule has 0 N–H and O–H groups in total. The Balaban J connectivity index is 0.000000829.